The number of aromatic hydroxyl groups is 1. The van der Waals surface area contributed by atoms with Gasteiger partial charge in [-0.2, -0.15) is 23.1 Å². The molecule has 10 rings (SSSR count). The van der Waals surface area contributed by atoms with Crippen LogP contribution >= 0.6 is 11.8 Å². The number of phenols is 1. The molecule has 52 heavy (non-hydrogen) atoms. The number of nitrogens with one attached hydrogen (secondary N) is 1. The van der Waals surface area contributed by atoms with Crippen molar-refractivity contribution in [1.29, 1.82) is 0 Å². The standard InChI is InChI=1S/C38H36F5N5O3S/c1-2-26-29(39)8-3-20-11-24(49)12-27(31(20)26)32-30(52-38(41,42)43)13-28-34(33(32)40)45-36(46-35(28)47-14-21-4-5-22(15-47)44-21)51-19-37(9-10-37)18-48-16-25-7-6-23(48)17-50-25/h1,3,8,11-13,21-23,25,44,49H,4-7,9-10,14-19H2. The van der Waals surface area contributed by atoms with Gasteiger partial charge in [0.15, 0.2) is 5.82 Å². The second kappa shape index (κ2) is 12.6. The highest BCUT2D eigenvalue weighted by atomic mass is 32.2. The number of piperidine rings is 1. The highest BCUT2D eigenvalue weighted by Gasteiger charge is 2.48. The van der Waals surface area contributed by atoms with Gasteiger partial charge in [-0.05, 0) is 85.5 Å². The molecule has 8 nitrogen and oxygen atoms in total. The van der Waals surface area contributed by atoms with Crippen molar-refractivity contribution in [2.45, 2.75) is 73.2 Å². The number of anilines is 1. The monoisotopic (exact) mass is 737 g/mol. The molecule has 1 aromatic heterocycles. The maximum atomic E-state index is 17.4. The van der Waals surface area contributed by atoms with Crippen molar-refractivity contribution in [3.05, 3.63) is 47.5 Å². The minimum atomic E-state index is -4.82. The van der Waals surface area contributed by atoms with Crippen LogP contribution in [0.3, 0.4) is 0 Å². The normalized spacial score (nSPS) is 25.2. The van der Waals surface area contributed by atoms with E-state index in [4.69, 9.17) is 20.9 Å². The van der Waals surface area contributed by atoms with Gasteiger partial charge in [0.2, 0.25) is 0 Å². The van der Waals surface area contributed by atoms with Gasteiger partial charge in [-0.3, -0.25) is 4.90 Å². The van der Waals surface area contributed by atoms with E-state index in [0.717, 1.165) is 70.4 Å². The molecule has 14 heteroatoms. The molecule has 0 amide bonds. The number of aromatic nitrogens is 2. The summed E-state index contributed by atoms with van der Waals surface area (Å²) in [5.74, 6) is 0.314. The third-order valence-corrected chi connectivity index (χ3v) is 12.1. The van der Waals surface area contributed by atoms with Gasteiger partial charge in [0.05, 0.1) is 24.9 Å². The van der Waals surface area contributed by atoms with E-state index < -0.39 is 39.4 Å². The second-order valence-corrected chi connectivity index (χ2v) is 16.0. The van der Waals surface area contributed by atoms with E-state index in [2.05, 4.69) is 21.1 Å². The van der Waals surface area contributed by atoms with Gasteiger partial charge in [-0.25, -0.2) is 8.78 Å². The zero-order valence-electron chi connectivity index (χ0n) is 28.1. The van der Waals surface area contributed by atoms with E-state index in [0.29, 0.717) is 31.6 Å². The van der Waals surface area contributed by atoms with E-state index in [-0.39, 0.29) is 68.2 Å². The Morgan fingerprint density at radius 2 is 1.85 bits per heavy atom. The summed E-state index contributed by atoms with van der Waals surface area (Å²) in [6.07, 6.45) is 11.9. The fourth-order valence-corrected chi connectivity index (χ4v) is 9.39. The van der Waals surface area contributed by atoms with E-state index in [1.165, 1.54) is 18.2 Å². The number of piperazine rings is 1. The molecule has 6 fully saturated rings. The first kappa shape index (κ1) is 33.9. The molecule has 4 bridgehead atoms. The predicted octanol–water partition coefficient (Wildman–Crippen LogP) is 6.99. The van der Waals surface area contributed by atoms with Crippen molar-refractivity contribution in [2.24, 2.45) is 5.41 Å². The van der Waals surface area contributed by atoms with Crippen molar-refractivity contribution in [2.75, 3.05) is 44.3 Å². The predicted molar refractivity (Wildman–Crippen MR) is 188 cm³/mol. The molecule has 272 valence electrons. The number of alkyl halides is 3. The van der Waals surface area contributed by atoms with Crippen LogP contribution in [0.15, 0.2) is 35.2 Å². The summed E-state index contributed by atoms with van der Waals surface area (Å²) in [5.41, 5.74) is -6.13. The molecular formula is C38H36F5N5O3S. The largest absolute Gasteiger partial charge is 0.508 e. The Bertz CT molecular complexity index is 2120. The van der Waals surface area contributed by atoms with Gasteiger partial charge in [-0.1, -0.05) is 12.0 Å². The van der Waals surface area contributed by atoms with E-state index in [1.807, 2.05) is 4.90 Å². The third-order valence-electron chi connectivity index (χ3n) is 11.4. The van der Waals surface area contributed by atoms with Gasteiger partial charge in [0, 0.05) is 71.0 Å². The summed E-state index contributed by atoms with van der Waals surface area (Å²) in [7, 11) is 0. The molecule has 0 spiro atoms. The van der Waals surface area contributed by atoms with Gasteiger partial charge in [0.1, 0.15) is 22.9 Å². The van der Waals surface area contributed by atoms with Crippen LogP contribution in [0.4, 0.5) is 27.8 Å². The average Bonchev–Trinajstić information content (AvgIpc) is 3.80. The lowest BCUT2D eigenvalue weighted by Gasteiger charge is -2.46. The summed E-state index contributed by atoms with van der Waals surface area (Å²) < 4.78 is 87.4. The van der Waals surface area contributed by atoms with Crippen LogP contribution in [-0.2, 0) is 4.74 Å². The lowest BCUT2D eigenvalue weighted by atomic mass is 9.93. The summed E-state index contributed by atoms with van der Waals surface area (Å²) >= 11 is -0.499. The number of benzene rings is 3. The lowest BCUT2D eigenvalue weighted by molar-refractivity contribution is -0.112. The fourth-order valence-electron chi connectivity index (χ4n) is 8.66. The number of hydrogen-bond donors (Lipinski definition) is 2. The topological polar surface area (TPSA) is 83.0 Å². The number of phenolic OH excluding ortho intramolecular Hbond substituents is 1. The summed E-state index contributed by atoms with van der Waals surface area (Å²) in [5, 5.41) is 14.6. The van der Waals surface area contributed by atoms with E-state index >= 15 is 8.78 Å². The first-order valence-electron chi connectivity index (χ1n) is 17.7. The molecule has 4 atom stereocenters. The summed E-state index contributed by atoms with van der Waals surface area (Å²) in [6.45, 7) is 3.81. The van der Waals surface area contributed by atoms with E-state index in [1.54, 1.807) is 0 Å². The number of rotatable bonds is 8. The van der Waals surface area contributed by atoms with Crippen molar-refractivity contribution in [1.82, 2.24) is 20.2 Å². The molecule has 4 aromatic rings. The zero-order chi connectivity index (χ0) is 35.9. The molecular weight excluding hydrogens is 702 g/mol. The van der Waals surface area contributed by atoms with Crippen LogP contribution in [0.2, 0.25) is 0 Å². The van der Waals surface area contributed by atoms with Crippen molar-refractivity contribution in [3.8, 4) is 35.2 Å². The smallest absolute Gasteiger partial charge is 0.446 e. The SMILES string of the molecule is C#Cc1c(F)ccc2cc(O)cc(-c3c(SC(F)(F)F)cc4c(N5CC6CCC(C5)N6)nc(OCC5(CN6CC7CCC6CO7)CC5)nc4c3F)c12. The Labute approximate surface area is 301 Å². The van der Waals surface area contributed by atoms with Crippen molar-refractivity contribution < 1.29 is 36.5 Å². The first-order chi connectivity index (χ1) is 25.0. The third kappa shape index (κ3) is 6.19. The van der Waals surface area contributed by atoms with E-state index in [9.17, 15) is 18.3 Å². The molecule has 0 radical (unpaired) electrons. The number of halogens is 5. The maximum Gasteiger partial charge on any atom is 0.446 e. The Hall–Kier alpha value is -3.90. The molecule has 5 aliphatic heterocycles. The highest BCUT2D eigenvalue weighted by Crippen LogP contribution is 2.50. The number of hydrogen-bond acceptors (Lipinski definition) is 9. The van der Waals surface area contributed by atoms with Crippen LogP contribution < -0.4 is 15.0 Å². The molecule has 5 saturated heterocycles. The van der Waals surface area contributed by atoms with Gasteiger partial charge < -0.3 is 24.8 Å². The van der Waals surface area contributed by atoms with Crippen LogP contribution in [0, 0.1) is 29.4 Å². The highest BCUT2D eigenvalue weighted by molar-refractivity contribution is 8.00. The molecule has 1 saturated carbocycles. The molecule has 1 aliphatic carbocycles. The van der Waals surface area contributed by atoms with Crippen LogP contribution in [0.5, 0.6) is 11.8 Å². The first-order valence-corrected chi connectivity index (χ1v) is 18.5. The summed E-state index contributed by atoms with van der Waals surface area (Å²) in [4.78, 5) is 13.3. The van der Waals surface area contributed by atoms with Gasteiger partial charge >= 0.3 is 11.5 Å². The van der Waals surface area contributed by atoms with Crippen molar-refractivity contribution in [3.63, 3.8) is 0 Å². The number of terminal acetylenes is 1. The molecule has 3 aromatic carbocycles. The van der Waals surface area contributed by atoms with Crippen molar-refractivity contribution >= 4 is 39.3 Å². The molecule has 4 unspecified atom stereocenters. The van der Waals surface area contributed by atoms with Gasteiger partial charge in [0.25, 0.3) is 0 Å². The number of fused-ring (bicyclic) bond motifs is 7. The van der Waals surface area contributed by atoms with Crippen LogP contribution in [0.25, 0.3) is 32.8 Å². The second-order valence-electron chi connectivity index (χ2n) is 14.9. The van der Waals surface area contributed by atoms with Crippen LogP contribution in [0.1, 0.15) is 44.1 Å². The number of thioether (sulfide) groups is 1. The molecule has 6 heterocycles. The van der Waals surface area contributed by atoms with Crippen LogP contribution in [-0.4, -0.2) is 89.1 Å². The molecule has 2 N–H and O–H groups in total. The maximum absolute atomic E-state index is 17.4. The fraction of sp³-hybridized carbons (Fsp3) is 0.474. The minimum Gasteiger partial charge on any atom is -0.508 e. The van der Waals surface area contributed by atoms with Gasteiger partial charge in [-0.15, -0.1) is 6.42 Å². The Kier molecular flexibility index (Phi) is 8.22. The number of morpholine rings is 1. The Morgan fingerprint density at radius 3 is 2.50 bits per heavy atom. The quantitative estimate of drug-likeness (QED) is 0.113. The number of ether oxygens (including phenoxy) is 2. The minimum absolute atomic E-state index is 0.000465. The lowest BCUT2D eigenvalue weighted by Crippen LogP contribution is -2.56. The Morgan fingerprint density at radius 1 is 1.06 bits per heavy atom. The zero-order valence-corrected chi connectivity index (χ0v) is 28.9. The average molecular weight is 738 g/mol. The Balaban J connectivity index is 1.19. The number of nitrogens with zero attached hydrogens (tertiary/aromatic N) is 4. The summed E-state index contributed by atoms with van der Waals surface area (Å²) in [6, 6.07) is 6.70. The molecule has 6 aliphatic rings.